The molecule has 1 heterocycles. The standard InChI is InChI=1S/C14H18N4OS/c1-10(12-7-5-4-6-8-12)16-13(19)11(2)20-14-17-15-9-18(14)3/h4-11H,1-3H3,(H,16,19). The molecule has 2 rings (SSSR count). The monoisotopic (exact) mass is 290 g/mol. The number of carbonyl (C=O) groups excluding carboxylic acids is 1. The summed E-state index contributed by atoms with van der Waals surface area (Å²) in [6.45, 7) is 3.85. The van der Waals surface area contributed by atoms with Crippen molar-refractivity contribution < 1.29 is 4.79 Å². The number of carbonyl (C=O) groups is 1. The lowest BCUT2D eigenvalue weighted by atomic mass is 10.1. The summed E-state index contributed by atoms with van der Waals surface area (Å²) in [4.78, 5) is 12.2. The Balaban J connectivity index is 1.93. The van der Waals surface area contributed by atoms with E-state index in [0.29, 0.717) is 0 Å². The van der Waals surface area contributed by atoms with Crippen LogP contribution in [0.25, 0.3) is 0 Å². The zero-order valence-corrected chi connectivity index (χ0v) is 12.6. The average Bonchev–Trinajstić information content (AvgIpc) is 2.85. The summed E-state index contributed by atoms with van der Waals surface area (Å²) in [5.41, 5.74) is 1.09. The predicted molar refractivity (Wildman–Crippen MR) is 79.3 cm³/mol. The molecule has 2 aromatic rings. The molecule has 1 aromatic carbocycles. The SMILES string of the molecule is CC(Sc1nncn1C)C(=O)NC(C)c1ccccc1. The Morgan fingerprint density at radius 1 is 1.30 bits per heavy atom. The number of aryl methyl sites for hydroxylation is 1. The summed E-state index contributed by atoms with van der Waals surface area (Å²) in [7, 11) is 1.86. The quantitative estimate of drug-likeness (QED) is 0.857. The fourth-order valence-corrected chi connectivity index (χ4v) is 2.55. The molecule has 0 saturated heterocycles. The van der Waals surface area contributed by atoms with Crippen molar-refractivity contribution in [1.29, 1.82) is 0 Å². The molecule has 0 spiro atoms. The van der Waals surface area contributed by atoms with Crippen LogP contribution in [-0.4, -0.2) is 25.9 Å². The molecular weight excluding hydrogens is 272 g/mol. The molecule has 0 aliphatic heterocycles. The van der Waals surface area contributed by atoms with Gasteiger partial charge in [0.05, 0.1) is 11.3 Å². The fourth-order valence-electron chi connectivity index (χ4n) is 1.75. The first-order valence-electron chi connectivity index (χ1n) is 6.44. The van der Waals surface area contributed by atoms with Gasteiger partial charge in [-0.2, -0.15) is 0 Å². The van der Waals surface area contributed by atoms with Gasteiger partial charge >= 0.3 is 0 Å². The largest absolute Gasteiger partial charge is 0.349 e. The second-order valence-electron chi connectivity index (χ2n) is 4.63. The van der Waals surface area contributed by atoms with Gasteiger partial charge in [0, 0.05) is 7.05 Å². The topological polar surface area (TPSA) is 59.8 Å². The van der Waals surface area contributed by atoms with Crippen molar-refractivity contribution >= 4 is 17.7 Å². The van der Waals surface area contributed by atoms with Crippen LogP contribution in [-0.2, 0) is 11.8 Å². The molecule has 0 radical (unpaired) electrons. The fraction of sp³-hybridized carbons (Fsp3) is 0.357. The number of hydrogen-bond acceptors (Lipinski definition) is 4. The third-order valence-electron chi connectivity index (χ3n) is 2.98. The summed E-state index contributed by atoms with van der Waals surface area (Å²) in [5.74, 6) is -0.00523. The molecule has 106 valence electrons. The van der Waals surface area contributed by atoms with Gasteiger partial charge in [0.15, 0.2) is 5.16 Å². The van der Waals surface area contributed by atoms with Gasteiger partial charge in [-0.3, -0.25) is 4.79 Å². The second kappa shape index (κ2) is 6.56. The van der Waals surface area contributed by atoms with Crippen molar-refractivity contribution in [3.8, 4) is 0 Å². The van der Waals surface area contributed by atoms with Gasteiger partial charge in [-0.15, -0.1) is 10.2 Å². The summed E-state index contributed by atoms with van der Waals surface area (Å²) in [5, 5.41) is 11.3. The zero-order chi connectivity index (χ0) is 14.5. The van der Waals surface area contributed by atoms with Crippen molar-refractivity contribution in [2.24, 2.45) is 7.05 Å². The molecule has 2 unspecified atom stereocenters. The highest BCUT2D eigenvalue weighted by Crippen LogP contribution is 2.21. The van der Waals surface area contributed by atoms with Crippen LogP contribution < -0.4 is 5.32 Å². The van der Waals surface area contributed by atoms with Crippen molar-refractivity contribution in [3.63, 3.8) is 0 Å². The number of nitrogens with one attached hydrogen (secondary N) is 1. The smallest absolute Gasteiger partial charge is 0.233 e. The number of benzene rings is 1. The average molecular weight is 290 g/mol. The van der Waals surface area contributed by atoms with Crippen LogP contribution in [0.3, 0.4) is 0 Å². The Morgan fingerprint density at radius 3 is 2.60 bits per heavy atom. The summed E-state index contributed by atoms with van der Waals surface area (Å²) in [6, 6.07) is 9.90. The number of hydrogen-bond donors (Lipinski definition) is 1. The maximum absolute atomic E-state index is 12.2. The van der Waals surface area contributed by atoms with Crippen molar-refractivity contribution in [1.82, 2.24) is 20.1 Å². The molecule has 20 heavy (non-hydrogen) atoms. The maximum Gasteiger partial charge on any atom is 0.233 e. The number of amides is 1. The molecule has 0 aliphatic rings. The van der Waals surface area contributed by atoms with Crippen LogP contribution in [0.15, 0.2) is 41.8 Å². The Hall–Kier alpha value is -1.82. The number of rotatable bonds is 5. The highest BCUT2D eigenvalue weighted by Gasteiger charge is 2.19. The van der Waals surface area contributed by atoms with Gasteiger partial charge in [-0.1, -0.05) is 42.1 Å². The van der Waals surface area contributed by atoms with E-state index in [0.717, 1.165) is 10.7 Å². The van der Waals surface area contributed by atoms with E-state index in [9.17, 15) is 4.79 Å². The molecule has 5 nitrogen and oxygen atoms in total. The first-order chi connectivity index (χ1) is 9.58. The summed E-state index contributed by atoms with van der Waals surface area (Å²) >= 11 is 1.40. The third kappa shape index (κ3) is 3.60. The molecule has 6 heteroatoms. The molecule has 0 saturated carbocycles. The van der Waals surface area contributed by atoms with E-state index >= 15 is 0 Å². The van der Waals surface area contributed by atoms with Gasteiger partial charge in [0.25, 0.3) is 0 Å². The molecule has 1 aromatic heterocycles. The highest BCUT2D eigenvalue weighted by atomic mass is 32.2. The van der Waals surface area contributed by atoms with Crippen molar-refractivity contribution in [2.75, 3.05) is 0 Å². The normalized spacial score (nSPS) is 13.8. The molecule has 1 amide bonds. The number of thioether (sulfide) groups is 1. The first-order valence-corrected chi connectivity index (χ1v) is 7.32. The van der Waals surface area contributed by atoms with Gasteiger partial charge < -0.3 is 9.88 Å². The van der Waals surface area contributed by atoms with Crippen LogP contribution in [0.2, 0.25) is 0 Å². The van der Waals surface area contributed by atoms with E-state index in [2.05, 4.69) is 15.5 Å². The lowest BCUT2D eigenvalue weighted by Gasteiger charge is -2.17. The van der Waals surface area contributed by atoms with E-state index < -0.39 is 0 Å². The third-order valence-corrected chi connectivity index (χ3v) is 4.13. The molecule has 2 atom stereocenters. The van der Waals surface area contributed by atoms with Crippen LogP contribution in [0.5, 0.6) is 0 Å². The van der Waals surface area contributed by atoms with E-state index in [4.69, 9.17) is 0 Å². The van der Waals surface area contributed by atoms with Crippen LogP contribution >= 0.6 is 11.8 Å². The van der Waals surface area contributed by atoms with Crippen LogP contribution in [0, 0.1) is 0 Å². The lowest BCUT2D eigenvalue weighted by molar-refractivity contribution is -0.120. The van der Waals surface area contributed by atoms with Crippen LogP contribution in [0.1, 0.15) is 25.5 Å². The second-order valence-corrected chi connectivity index (χ2v) is 5.93. The van der Waals surface area contributed by atoms with Gasteiger partial charge in [0.2, 0.25) is 5.91 Å². The Kier molecular flexibility index (Phi) is 4.79. The van der Waals surface area contributed by atoms with Gasteiger partial charge in [-0.25, -0.2) is 0 Å². The number of aromatic nitrogens is 3. The predicted octanol–water partition coefficient (Wildman–Crippen LogP) is 2.17. The molecule has 1 N–H and O–H groups in total. The van der Waals surface area contributed by atoms with E-state index in [1.807, 2.05) is 51.2 Å². The minimum Gasteiger partial charge on any atom is -0.349 e. The summed E-state index contributed by atoms with van der Waals surface area (Å²) < 4.78 is 1.80. The molecule has 0 bridgehead atoms. The van der Waals surface area contributed by atoms with Crippen LogP contribution in [0.4, 0.5) is 0 Å². The first kappa shape index (κ1) is 14.6. The minimum absolute atomic E-state index is 0.00523. The van der Waals surface area contributed by atoms with Crippen molar-refractivity contribution in [3.05, 3.63) is 42.2 Å². The minimum atomic E-state index is -0.218. The van der Waals surface area contributed by atoms with Gasteiger partial charge in [0.1, 0.15) is 6.33 Å². The lowest BCUT2D eigenvalue weighted by Crippen LogP contribution is -2.33. The summed E-state index contributed by atoms with van der Waals surface area (Å²) in [6.07, 6.45) is 1.62. The highest BCUT2D eigenvalue weighted by molar-refractivity contribution is 8.00. The Morgan fingerprint density at radius 2 is 2.00 bits per heavy atom. The number of nitrogens with zero attached hydrogens (tertiary/aromatic N) is 3. The molecule has 0 fully saturated rings. The maximum atomic E-state index is 12.2. The van der Waals surface area contributed by atoms with Crippen molar-refractivity contribution in [2.45, 2.75) is 30.3 Å². The molecular formula is C14H18N4OS. The van der Waals surface area contributed by atoms with E-state index in [-0.39, 0.29) is 17.2 Å². The van der Waals surface area contributed by atoms with E-state index in [1.165, 1.54) is 11.8 Å². The van der Waals surface area contributed by atoms with Gasteiger partial charge in [-0.05, 0) is 19.4 Å². The molecule has 0 aliphatic carbocycles. The van der Waals surface area contributed by atoms with E-state index in [1.54, 1.807) is 10.9 Å². The Bertz CT molecular complexity index is 570. The zero-order valence-electron chi connectivity index (χ0n) is 11.8. The Labute approximate surface area is 122 Å².